The number of hydrogen-bond acceptors (Lipinski definition) is 4. The lowest BCUT2D eigenvalue weighted by Crippen LogP contribution is -2.39. The summed E-state index contributed by atoms with van der Waals surface area (Å²) >= 11 is 0. The largest absolute Gasteiger partial charge is 0.468 e. The number of fused-ring (bicyclic) bond motifs is 2. The first-order valence-electron chi connectivity index (χ1n) is 10.0. The molecule has 25 heavy (non-hydrogen) atoms. The number of carbonyl (C=O) groups excluding carboxylic acids is 2. The number of allylic oxidation sites excluding steroid dienone is 2. The fourth-order valence-electron chi connectivity index (χ4n) is 7.04. The zero-order valence-electron chi connectivity index (χ0n) is 15.3. The summed E-state index contributed by atoms with van der Waals surface area (Å²) in [4.78, 5) is 25.3. The molecule has 0 heterocycles. The molecule has 4 nitrogen and oxygen atoms in total. The number of carbonyl (C=O) groups is 2. The Balaban J connectivity index is 1.49. The molecule has 0 radical (unpaired) electrons. The highest BCUT2D eigenvalue weighted by Gasteiger charge is 2.65. The van der Waals surface area contributed by atoms with E-state index in [-0.39, 0.29) is 0 Å². The monoisotopic (exact) mass is 344 g/mol. The quantitative estimate of drug-likeness (QED) is 0.445. The van der Waals surface area contributed by atoms with Gasteiger partial charge in [0.05, 0.1) is 14.2 Å². The standard InChI is InChI=1S/C21H28O4/c1-24-19(22)21(20(23)25-2)9-15(17-11-5-3-6-12(11)17)16(10-21)18-13-7-4-8-14(13)18/h11-14,17-18H,3-10H2,1-2H3/t11-,12+,13-,14+,17?,18?. The van der Waals surface area contributed by atoms with Gasteiger partial charge in [-0.05, 0) is 74.0 Å². The zero-order valence-corrected chi connectivity index (χ0v) is 15.3. The van der Waals surface area contributed by atoms with Gasteiger partial charge in [0.1, 0.15) is 0 Å². The van der Waals surface area contributed by atoms with Crippen LogP contribution in [0.4, 0.5) is 0 Å². The van der Waals surface area contributed by atoms with Gasteiger partial charge in [-0.25, -0.2) is 0 Å². The van der Waals surface area contributed by atoms with Crippen LogP contribution in [0.2, 0.25) is 0 Å². The second kappa shape index (κ2) is 5.34. The maximum absolute atomic E-state index is 12.7. The maximum Gasteiger partial charge on any atom is 0.323 e. The van der Waals surface area contributed by atoms with Crippen LogP contribution in [0.15, 0.2) is 11.1 Å². The van der Waals surface area contributed by atoms with Crippen molar-refractivity contribution in [2.75, 3.05) is 14.2 Å². The molecule has 0 spiro atoms. The van der Waals surface area contributed by atoms with Gasteiger partial charge < -0.3 is 9.47 Å². The number of rotatable bonds is 4. The van der Waals surface area contributed by atoms with Gasteiger partial charge in [0, 0.05) is 0 Å². The molecule has 0 aromatic heterocycles. The van der Waals surface area contributed by atoms with Crippen molar-refractivity contribution < 1.29 is 19.1 Å². The molecule has 0 aromatic carbocycles. The molecule has 5 rings (SSSR count). The van der Waals surface area contributed by atoms with Crippen molar-refractivity contribution in [1.82, 2.24) is 0 Å². The minimum atomic E-state index is -1.11. The van der Waals surface area contributed by atoms with Crippen molar-refractivity contribution in [1.29, 1.82) is 0 Å². The predicted molar refractivity (Wildman–Crippen MR) is 91.4 cm³/mol. The van der Waals surface area contributed by atoms with Crippen LogP contribution in [0, 0.1) is 40.9 Å². The first-order chi connectivity index (χ1) is 12.1. The Kier molecular flexibility index (Phi) is 3.40. The number of ether oxygens (including phenoxy) is 2. The lowest BCUT2D eigenvalue weighted by molar-refractivity contribution is -0.168. The molecule has 0 aromatic rings. The minimum absolute atomic E-state index is 0.400. The normalized spacial score (nSPS) is 42.8. The third kappa shape index (κ3) is 2.06. The zero-order chi connectivity index (χ0) is 17.3. The molecule has 0 N–H and O–H groups in total. The average Bonchev–Trinajstić information content (AvgIpc) is 3.22. The molecule has 5 aliphatic carbocycles. The van der Waals surface area contributed by atoms with Crippen LogP contribution in [0.1, 0.15) is 51.4 Å². The van der Waals surface area contributed by atoms with Crippen LogP contribution in [-0.4, -0.2) is 26.2 Å². The molecular formula is C21H28O4. The van der Waals surface area contributed by atoms with Crippen LogP contribution in [0.5, 0.6) is 0 Å². The molecule has 5 aliphatic rings. The van der Waals surface area contributed by atoms with Crippen LogP contribution in [-0.2, 0) is 19.1 Å². The second-order valence-corrected chi connectivity index (χ2v) is 9.04. The summed E-state index contributed by atoms with van der Waals surface area (Å²) < 4.78 is 10.2. The molecule has 4 fully saturated rings. The molecule has 136 valence electrons. The van der Waals surface area contributed by atoms with Crippen molar-refractivity contribution in [2.45, 2.75) is 51.4 Å². The topological polar surface area (TPSA) is 52.6 Å². The summed E-state index contributed by atoms with van der Waals surface area (Å²) in [6, 6.07) is 0. The summed E-state index contributed by atoms with van der Waals surface area (Å²) in [6.45, 7) is 0. The maximum atomic E-state index is 12.7. The molecule has 4 saturated carbocycles. The van der Waals surface area contributed by atoms with Crippen molar-refractivity contribution >= 4 is 11.9 Å². The summed E-state index contributed by atoms with van der Waals surface area (Å²) in [5.41, 5.74) is 1.82. The van der Waals surface area contributed by atoms with Crippen molar-refractivity contribution in [3.05, 3.63) is 11.1 Å². The van der Waals surface area contributed by atoms with E-state index in [0.717, 1.165) is 23.7 Å². The van der Waals surface area contributed by atoms with Gasteiger partial charge in [-0.2, -0.15) is 0 Å². The van der Waals surface area contributed by atoms with Gasteiger partial charge in [-0.15, -0.1) is 0 Å². The van der Waals surface area contributed by atoms with Crippen LogP contribution in [0.25, 0.3) is 0 Å². The van der Waals surface area contributed by atoms with E-state index in [2.05, 4.69) is 0 Å². The van der Waals surface area contributed by atoms with E-state index >= 15 is 0 Å². The molecule has 6 atom stereocenters. The SMILES string of the molecule is COC(=O)C1(C(=O)OC)CC(C2[C@H]3CCC[C@@H]23)=C(C2[C@H]3CCC[C@@H]23)C1. The number of esters is 2. The van der Waals surface area contributed by atoms with Gasteiger partial charge in [0.15, 0.2) is 5.41 Å². The molecule has 0 amide bonds. The lowest BCUT2D eigenvalue weighted by Gasteiger charge is -2.24. The van der Waals surface area contributed by atoms with Gasteiger partial charge in [-0.3, -0.25) is 9.59 Å². The van der Waals surface area contributed by atoms with E-state index in [0.29, 0.717) is 24.7 Å². The Morgan fingerprint density at radius 1 is 0.760 bits per heavy atom. The molecule has 0 bridgehead atoms. The number of methoxy groups -OCH3 is 2. The molecule has 4 heteroatoms. The van der Waals surface area contributed by atoms with Crippen LogP contribution < -0.4 is 0 Å². The Morgan fingerprint density at radius 2 is 1.12 bits per heavy atom. The van der Waals surface area contributed by atoms with Gasteiger partial charge in [0.25, 0.3) is 0 Å². The lowest BCUT2D eigenvalue weighted by atomic mass is 9.82. The predicted octanol–water partition coefficient (Wildman–Crippen LogP) is 3.50. The Labute approximate surface area is 149 Å². The molecular weight excluding hydrogens is 316 g/mol. The Hall–Kier alpha value is -1.32. The smallest absolute Gasteiger partial charge is 0.323 e. The summed E-state index contributed by atoms with van der Waals surface area (Å²) in [7, 11) is 2.78. The van der Waals surface area contributed by atoms with E-state index < -0.39 is 17.4 Å². The van der Waals surface area contributed by atoms with E-state index in [1.54, 1.807) is 0 Å². The van der Waals surface area contributed by atoms with E-state index in [1.165, 1.54) is 63.9 Å². The summed E-state index contributed by atoms with van der Waals surface area (Å²) in [5, 5.41) is 0. The van der Waals surface area contributed by atoms with Gasteiger partial charge >= 0.3 is 11.9 Å². The van der Waals surface area contributed by atoms with Crippen LogP contribution >= 0.6 is 0 Å². The third-order valence-corrected chi connectivity index (χ3v) is 8.17. The molecule has 2 unspecified atom stereocenters. The van der Waals surface area contributed by atoms with E-state index in [4.69, 9.17) is 9.47 Å². The fourth-order valence-corrected chi connectivity index (χ4v) is 7.04. The highest BCUT2D eigenvalue weighted by Crippen LogP contribution is 2.70. The highest BCUT2D eigenvalue weighted by atomic mass is 16.5. The average molecular weight is 344 g/mol. The third-order valence-electron chi connectivity index (χ3n) is 8.17. The summed E-state index contributed by atoms with van der Waals surface area (Å²) in [6.07, 6.45) is 9.11. The number of hydrogen-bond donors (Lipinski definition) is 0. The Morgan fingerprint density at radius 3 is 1.44 bits per heavy atom. The van der Waals surface area contributed by atoms with E-state index in [9.17, 15) is 9.59 Å². The molecule has 0 aliphatic heterocycles. The minimum Gasteiger partial charge on any atom is -0.468 e. The molecule has 0 saturated heterocycles. The second-order valence-electron chi connectivity index (χ2n) is 9.04. The van der Waals surface area contributed by atoms with Crippen molar-refractivity contribution in [2.24, 2.45) is 40.9 Å². The first kappa shape index (κ1) is 15.9. The fraction of sp³-hybridized carbons (Fsp3) is 0.810. The van der Waals surface area contributed by atoms with Gasteiger partial charge in [0.2, 0.25) is 0 Å². The van der Waals surface area contributed by atoms with Crippen LogP contribution in [0.3, 0.4) is 0 Å². The van der Waals surface area contributed by atoms with E-state index in [1.807, 2.05) is 0 Å². The summed E-state index contributed by atoms with van der Waals surface area (Å²) in [5.74, 6) is 3.74. The Bertz CT molecular complexity index is 587. The van der Waals surface area contributed by atoms with Crippen molar-refractivity contribution in [3.63, 3.8) is 0 Å². The van der Waals surface area contributed by atoms with Crippen molar-refractivity contribution in [3.8, 4) is 0 Å². The highest BCUT2D eigenvalue weighted by molar-refractivity contribution is 6.01. The first-order valence-corrected chi connectivity index (χ1v) is 10.0. The van der Waals surface area contributed by atoms with Gasteiger partial charge in [-0.1, -0.05) is 24.0 Å².